The van der Waals surface area contributed by atoms with Gasteiger partial charge in [-0.2, -0.15) is 0 Å². The van der Waals surface area contributed by atoms with Crippen molar-refractivity contribution in [1.29, 1.82) is 0 Å². The van der Waals surface area contributed by atoms with Crippen molar-refractivity contribution in [1.82, 2.24) is 4.98 Å². The first-order chi connectivity index (χ1) is 18.8. The number of hydrogen-bond donors (Lipinski definition) is 1. The molecule has 0 radical (unpaired) electrons. The summed E-state index contributed by atoms with van der Waals surface area (Å²) < 4.78 is 55.2. The molecule has 2 N–H and O–H groups in total. The van der Waals surface area contributed by atoms with Crippen LogP contribution in [-0.2, 0) is 31.5 Å². The third-order valence-corrected chi connectivity index (χ3v) is 7.71. The minimum atomic E-state index is -3.83. The van der Waals surface area contributed by atoms with E-state index in [4.69, 9.17) is 19.0 Å². The van der Waals surface area contributed by atoms with Crippen LogP contribution in [0, 0.1) is 17.7 Å². The number of hydrogen-bond acceptors (Lipinski definition) is 6. The van der Waals surface area contributed by atoms with Gasteiger partial charge in [0.2, 0.25) is 10.0 Å². The maximum absolute atomic E-state index is 14.6. The highest BCUT2D eigenvalue weighted by atomic mass is 32.2. The van der Waals surface area contributed by atoms with Crippen molar-refractivity contribution in [3.05, 3.63) is 95.6 Å². The van der Waals surface area contributed by atoms with Gasteiger partial charge in [-0.1, -0.05) is 42.3 Å². The summed E-state index contributed by atoms with van der Waals surface area (Å²) in [6, 6.07) is 20.4. The molecular formula is C30H27FN2O5S. The summed E-state index contributed by atoms with van der Waals surface area (Å²) in [5.41, 5.74) is 2.92. The van der Waals surface area contributed by atoms with Gasteiger partial charge in [-0.3, -0.25) is 0 Å². The summed E-state index contributed by atoms with van der Waals surface area (Å²) >= 11 is 0. The predicted octanol–water partition coefficient (Wildman–Crippen LogP) is 5.04. The SMILES string of the molecule is COC1(c2cc(F)cc(CC#Cc3nc(-c4ccccc4)c(-c4ccc(S(N)(=O)=O)cc4)o3)c2)CCOCC1. The van der Waals surface area contributed by atoms with Gasteiger partial charge in [0, 0.05) is 50.7 Å². The van der Waals surface area contributed by atoms with E-state index >= 15 is 0 Å². The van der Waals surface area contributed by atoms with Crippen LogP contribution in [0.3, 0.4) is 0 Å². The number of nitrogens with zero attached hydrogens (tertiary/aromatic N) is 1. The Hall–Kier alpha value is -3.81. The zero-order valence-corrected chi connectivity index (χ0v) is 22.1. The number of nitrogens with two attached hydrogens (primary N) is 1. The summed E-state index contributed by atoms with van der Waals surface area (Å²) in [7, 11) is -2.18. The Morgan fingerprint density at radius 1 is 1.03 bits per heavy atom. The molecule has 200 valence electrons. The van der Waals surface area contributed by atoms with E-state index in [9.17, 15) is 12.8 Å². The Morgan fingerprint density at radius 2 is 1.74 bits per heavy atom. The smallest absolute Gasteiger partial charge is 0.274 e. The average Bonchev–Trinajstić information content (AvgIpc) is 3.37. The first-order valence-electron chi connectivity index (χ1n) is 12.4. The van der Waals surface area contributed by atoms with Gasteiger partial charge in [-0.05, 0) is 53.4 Å². The van der Waals surface area contributed by atoms with Crippen LogP contribution in [0.15, 0.2) is 82.1 Å². The van der Waals surface area contributed by atoms with Crippen LogP contribution >= 0.6 is 0 Å². The van der Waals surface area contributed by atoms with Gasteiger partial charge in [-0.25, -0.2) is 22.9 Å². The third kappa shape index (κ3) is 5.95. The molecule has 9 heteroatoms. The second-order valence-electron chi connectivity index (χ2n) is 9.27. The van der Waals surface area contributed by atoms with Crippen LogP contribution in [0.1, 0.15) is 29.9 Å². The van der Waals surface area contributed by atoms with Gasteiger partial charge < -0.3 is 13.9 Å². The van der Waals surface area contributed by atoms with Gasteiger partial charge in [0.25, 0.3) is 5.89 Å². The number of ether oxygens (including phenoxy) is 2. The van der Waals surface area contributed by atoms with E-state index in [0.29, 0.717) is 48.6 Å². The Labute approximate surface area is 226 Å². The van der Waals surface area contributed by atoms with Crippen LogP contribution in [0.5, 0.6) is 0 Å². The monoisotopic (exact) mass is 546 g/mol. The van der Waals surface area contributed by atoms with Gasteiger partial charge in [0.1, 0.15) is 11.5 Å². The number of rotatable bonds is 6. The predicted molar refractivity (Wildman–Crippen MR) is 144 cm³/mol. The Kier molecular flexibility index (Phi) is 7.64. The minimum absolute atomic E-state index is 0.00231. The fourth-order valence-electron chi connectivity index (χ4n) is 4.71. The lowest BCUT2D eigenvalue weighted by atomic mass is 9.85. The van der Waals surface area contributed by atoms with Crippen molar-refractivity contribution in [2.45, 2.75) is 29.8 Å². The van der Waals surface area contributed by atoms with E-state index in [1.807, 2.05) is 36.4 Å². The van der Waals surface area contributed by atoms with Gasteiger partial charge >= 0.3 is 0 Å². The van der Waals surface area contributed by atoms with Crippen LogP contribution in [0.4, 0.5) is 4.39 Å². The molecule has 1 aromatic heterocycles. The number of sulfonamides is 1. The second-order valence-corrected chi connectivity index (χ2v) is 10.8. The molecule has 2 heterocycles. The lowest BCUT2D eigenvalue weighted by Gasteiger charge is -2.36. The highest BCUT2D eigenvalue weighted by Gasteiger charge is 2.35. The van der Waals surface area contributed by atoms with Gasteiger partial charge in [0.05, 0.1) is 10.5 Å². The van der Waals surface area contributed by atoms with Crippen molar-refractivity contribution in [2.24, 2.45) is 5.14 Å². The zero-order chi connectivity index (χ0) is 27.5. The molecule has 5 rings (SSSR count). The number of benzene rings is 3. The lowest BCUT2D eigenvalue weighted by molar-refractivity contribution is -0.0949. The van der Waals surface area contributed by atoms with E-state index in [-0.39, 0.29) is 23.0 Å². The maximum Gasteiger partial charge on any atom is 0.274 e. The van der Waals surface area contributed by atoms with Gasteiger partial charge in [0.15, 0.2) is 5.76 Å². The number of halogens is 1. The lowest BCUT2D eigenvalue weighted by Crippen LogP contribution is -2.35. The Bertz CT molecular complexity index is 1630. The third-order valence-electron chi connectivity index (χ3n) is 6.78. The molecule has 0 aliphatic carbocycles. The van der Waals surface area contributed by atoms with Gasteiger partial charge in [-0.15, -0.1) is 0 Å². The molecule has 0 bridgehead atoms. The first-order valence-corrected chi connectivity index (χ1v) is 13.9. The molecular weight excluding hydrogens is 519 g/mol. The molecule has 1 aliphatic heterocycles. The summed E-state index contributed by atoms with van der Waals surface area (Å²) in [4.78, 5) is 4.60. The van der Waals surface area contributed by atoms with E-state index in [0.717, 1.165) is 11.1 Å². The number of methoxy groups -OCH3 is 1. The summed E-state index contributed by atoms with van der Waals surface area (Å²) in [6.07, 6.45) is 1.58. The molecule has 0 unspecified atom stereocenters. The van der Waals surface area contributed by atoms with Crippen LogP contribution in [0.25, 0.3) is 22.6 Å². The minimum Gasteiger partial charge on any atom is -0.429 e. The average molecular weight is 547 g/mol. The topological polar surface area (TPSA) is 105 Å². The van der Waals surface area contributed by atoms with Crippen LogP contribution < -0.4 is 5.14 Å². The van der Waals surface area contributed by atoms with E-state index < -0.39 is 15.6 Å². The molecule has 0 atom stereocenters. The molecule has 3 aromatic carbocycles. The number of oxazole rings is 1. The Balaban J connectivity index is 1.45. The maximum atomic E-state index is 14.6. The fraction of sp³-hybridized carbons (Fsp3) is 0.233. The summed E-state index contributed by atoms with van der Waals surface area (Å²) in [5, 5.41) is 5.23. The quantitative estimate of drug-likeness (QED) is 0.340. The highest BCUT2D eigenvalue weighted by Crippen LogP contribution is 2.36. The zero-order valence-electron chi connectivity index (χ0n) is 21.3. The molecule has 1 saturated heterocycles. The fourth-order valence-corrected chi connectivity index (χ4v) is 5.22. The Morgan fingerprint density at radius 3 is 2.41 bits per heavy atom. The van der Waals surface area contributed by atoms with Crippen molar-refractivity contribution < 1.29 is 26.7 Å². The van der Waals surface area contributed by atoms with Crippen molar-refractivity contribution >= 4 is 10.0 Å². The van der Waals surface area contributed by atoms with Crippen molar-refractivity contribution in [3.63, 3.8) is 0 Å². The van der Waals surface area contributed by atoms with E-state index in [1.165, 1.54) is 24.3 Å². The standard InChI is InChI=1S/C30H27FN2O5S/c1-36-30(14-16-37-17-15-30)24-18-21(19-25(31)20-24)6-5-9-27-33-28(22-7-3-2-4-8-22)29(38-27)23-10-12-26(13-11-23)39(32,34)35/h2-4,7-8,10-13,18-20H,6,14-17H2,1H3,(H2,32,34,35). The van der Waals surface area contributed by atoms with Crippen LogP contribution in [0.2, 0.25) is 0 Å². The molecule has 1 fully saturated rings. The molecule has 0 saturated carbocycles. The summed E-state index contributed by atoms with van der Waals surface area (Å²) in [5.74, 6) is 6.28. The van der Waals surface area contributed by atoms with Crippen LogP contribution in [-0.4, -0.2) is 33.7 Å². The van der Waals surface area contributed by atoms with Crippen molar-refractivity contribution in [2.75, 3.05) is 20.3 Å². The second kappa shape index (κ2) is 11.1. The molecule has 39 heavy (non-hydrogen) atoms. The molecule has 1 aliphatic rings. The summed E-state index contributed by atoms with van der Waals surface area (Å²) in [6.45, 7) is 1.11. The van der Waals surface area contributed by atoms with Crippen molar-refractivity contribution in [3.8, 4) is 34.4 Å². The molecule has 4 aromatic rings. The largest absolute Gasteiger partial charge is 0.429 e. The molecule has 0 spiro atoms. The number of primary sulfonamides is 1. The first kappa shape index (κ1) is 26.8. The highest BCUT2D eigenvalue weighted by molar-refractivity contribution is 7.89. The number of aromatic nitrogens is 1. The van der Waals surface area contributed by atoms with E-state index in [2.05, 4.69) is 16.8 Å². The van der Waals surface area contributed by atoms with E-state index in [1.54, 1.807) is 19.2 Å². The molecule has 7 nitrogen and oxygen atoms in total. The normalized spacial score (nSPS) is 14.9. The molecule has 0 amide bonds.